The highest BCUT2D eigenvalue weighted by Gasteiger charge is 2.21. The SMILES string of the molecule is CNc1ncc2c(-c3cccc(Cl)c3)cc(-c3ccc(C(=O)O)cc3)c(OC(F)F)c2n1. The number of halogens is 3. The van der Waals surface area contributed by atoms with Crippen LogP contribution < -0.4 is 10.1 Å². The largest absolute Gasteiger partial charge is 0.478 e. The Labute approximate surface area is 186 Å². The number of hydrogen-bond acceptors (Lipinski definition) is 5. The summed E-state index contributed by atoms with van der Waals surface area (Å²) in [5.74, 6) is -1.00. The average molecular weight is 456 g/mol. The van der Waals surface area contributed by atoms with Gasteiger partial charge in [0.05, 0.1) is 5.56 Å². The second-order valence-corrected chi connectivity index (χ2v) is 7.21. The Morgan fingerprint density at radius 1 is 1.09 bits per heavy atom. The molecule has 9 heteroatoms. The van der Waals surface area contributed by atoms with Gasteiger partial charge in [0.15, 0.2) is 5.75 Å². The molecule has 0 aliphatic heterocycles. The van der Waals surface area contributed by atoms with E-state index in [0.717, 1.165) is 5.56 Å². The van der Waals surface area contributed by atoms with Gasteiger partial charge in [0.25, 0.3) is 0 Å². The summed E-state index contributed by atoms with van der Waals surface area (Å²) < 4.78 is 31.7. The average Bonchev–Trinajstić information content (AvgIpc) is 2.78. The molecule has 0 saturated carbocycles. The topological polar surface area (TPSA) is 84.3 Å². The van der Waals surface area contributed by atoms with Crippen LogP contribution in [0.1, 0.15) is 10.4 Å². The molecule has 6 nitrogen and oxygen atoms in total. The number of carbonyl (C=O) groups is 1. The quantitative estimate of drug-likeness (QED) is 0.373. The van der Waals surface area contributed by atoms with Crippen LogP contribution in [0.2, 0.25) is 5.02 Å². The lowest BCUT2D eigenvalue weighted by molar-refractivity contribution is -0.0485. The molecule has 4 aromatic rings. The van der Waals surface area contributed by atoms with E-state index < -0.39 is 12.6 Å². The number of ether oxygens (including phenoxy) is 1. The second kappa shape index (κ2) is 8.76. The van der Waals surface area contributed by atoms with Crippen molar-refractivity contribution in [3.63, 3.8) is 0 Å². The third-order valence-corrected chi connectivity index (χ3v) is 5.07. The number of carboxylic acid groups (broad SMARTS) is 1. The summed E-state index contributed by atoms with van der Waals surface area (Å²) in [7, 11) is 1.61. The number of benzene rings is 3. The lowest BCUT2D eigenvalue weighted by atomic mass is 9.94. The zero-order valence-electron chi connectivity index (χ0n) is 16.6. The van der Waals surface area contributed by atoms with Gasteiger partial charge in [-0.1, -0.05) is 35.9 Å². The molecule has 4 rings (SSSR count). The number of nitrogens with zero attached hydrogens (tertiary/aromatic N) is 2. The van der Waals surface area contributed by atoms with E-state index in [4.69, 9.17) is 16.3 Å². The van der Waals surface area contributed by atoms with E-state index in [1.54, 1.807) is 31.3 Å². The molecule has 0 aliphatic carbocycles. The summed E-state index contributed by atoms with van der Waals surface area (Å²) in [6, 6.07) is 14.6. The van der Waals surface area contributed by atoms with Crippen LogP contribution in [0.5, 0.6) is 5.75 Å². The number of hydrogen-bond donors (Lipinski definition) is 2. The first-order valence-corrected chi connectivity index (χ1v) is 9.81. The zero-order chi connectivity index (χ0) is 22.8. The van der Waals surface area contributed by atoms with Crippen molar-refractivity contribution in [1.82, 2.24) is 9.97 Å². The lowest BCUT2D eigenvalue weighted by Crippen LogP contribution is -2.06. The van der Waals surface area contributed by atoms with Crippen LogP contribution in [0.15, 0.2) is 60.8 Å². The monoisotopic (exact) mass is 455 g/mol. The minimum absolute atomic E-state index is 0.0701. The number of nitrogens with one attached hydrogen (secondary N) is 1. The molecule has 0 radical (unpaired) electrons. The fraction of sp³-hybridized carbons (Fsp3) is 0.0870. The van der Waals surface area contributed by atoms with Crippen molar-refractivity contribution in [2.75, 3.05) is 12.4 Å². The number of alkyl halides is 2. The van der Waals surface area contributed by atoms with Gasteiger partial charge in [-0.25, -0.2) is 14.8 Å². The van der Waals surface area contributed by atoms with Crippen molar-refractivity contribution in [3.8, 4) is 28.0 Å². The maximum Gasteiger partial charge on any atom is 0.387 e. The Morgan fingerprint density at radius 2 is 1.84 bits per heavy atom. The van der Waals surface area contributed by atoms with Gasteiger partial charge in [-0.2, -0.15) is 8.78 Å². The molecule has 1 aromatic heterocycles. The molecule has 0 aliphatic rings. The standard InChI is InChI=1S/C23H16ClF2N3O3/c1-27-23-28-11-18-16(14-3-2-4-15(24)9-14)10-17(20(19(18)29-23)32-22(25)26)12-5-7-13(8-6-12)21(30)31/h2-11,22H,1H3,(H,30,31)(H,27,28,29). The van der Waals surface area contributed by atoms with Crippen molar-refractivity contribution in [2.45, 2.75) is 6.61 Å². The summed E-state index contributed by atoms with van der Waals surface area (Å²) in [6.07, 6.45) is 1.53. The Kier molecular flexibility index (Phi) is 5.87. The summed E-state index contributed by atoms with van der Waals surface area (Å²) >= 11 is 6.18. The number of anilines is 1. The van der Waals surface area contributed by atoms with Gasteiger partial charge < -0.3 is 15.2 Å². The van der Waals surface area contributed by atoms with Crippen LogP contribution >= 0.6 is 11.6 Å². The predicted octanol–water partition coefficient (Wildman–Crippen LogP) is 5.96. The molecule has 1 heterocycles. The molecule has 0 unspecified atom stereocenters. The van der Waals surface area contributed by atoms with Gasteiger partial charge in [-0.3, -0.25) is 0 Å². The lowest BCUT2D eigenvalue weighted by Gasteiger charge is -2.17. The maximum absolute atomic E-state index is 13.4. The first kappa shape index (κ1) is 21.5. The molecule has 0 bridgehead atoms. The molecule has 0 fully saturated rings. The van der Waals surface area contributed by atoms with Crippen molar-refractivity contribution in [1.29, 1.82) is 0 Å². The number of fused-ring (bicyclic) bond motifs is 1. The summed E-state index contributed by atoms with van der Waals surface area (Å²) in [5, 5.41) is 13.0. The van der Waals surface area contributed by atoms with Crippen molar-refractivity contribution < 1.29 is 23.4 Å². The van der Waals surface area contributed by atoms with E-state index in [1.165, 1.54) is 30.5 Å². The molecule has 0 saturated heterocycles. The Morgan fingerprint density at radius 3 is 2.47 bits per heavy atom. The molecular weight excluding hydrogens is 440 g/mol. The smallest absolute Gasteiger partial charge is 0.387 e. The molecule has 0 spiro atoms. The molecule has 3 aromatic carbocycles. The second-order valence-electron chi connectivity index (χ2n) is 6.78. The number of aromatic nitrogens is 2. The molecular formula is C23H16ClF2N3O3. The molecule has 2 N–H and O–H groups in total. The fourth-order valence-electron chi connectivity index (χ4n) is 3.40. The van der Waals surface area contributed by atoms with E-state index in [-0.39, 0.29) is 22.8 Å². The van der Waals surface area contributed by atoms with Crippen LogP contribution in [-0.4, -0.2) is 34.7 Å². The van der Waals surface area contributed by atoms with Crippen molar-refractivity contribution in [3.05, 3.63) is 71.4 Å². The minimum Gasteiger partial charge on any atom is -0.478 e. The van der Waals surface area contributed by atoms with Crippen LogP contribution in [0.3, 0.4) is 0 Å². The Hall–Kier alpha value is -3.78. The van der Waals surface area contributed by atoms with Gasteiger partial charge in [0.2, 0.25) is 5.95 Å². The fourth-order valence-corrected chi connectivity index (χ4v) is 3.59. The highest BCUT2D eigenvalue weighted by Crippen LogP contribution is 2.43. The minimum atomic E-state index is -3.10. The highest BCUT2D eigenvalue weighted by atomic mass is 35.5. The van der Waals surface area contributed by atoms with Gasteiger partial charge in [-0.05, 0) is 47.0 Å². The molecule has 0 amide bonds. The van der Waals surface area contributed by atoms with E-state index >= 15 is 0 Å². The van der Waals surface area contributed by atoms with Crippen LogP contribution in [0.25, 0.3) is 33.2 Å². The number of aromatic carboxylic acids is 1. The Bertz CT molecular complexity index is 1310. The third kappa shape index (κ3) is 4.17. The van der Waals surface area contributed by atoms with E-state index in [0.29, 0.717) is 27.1 Å². The molecule has 32 heavy (non-hydrogen) atoms. The number of rotatable bonds is 6. The summed E-state index contributed by atoms with van der Waals surface area (Å²) in [5.41, 5.74) is 2.45. The van der Waals surface area contributed by atoms with E-state index in [9.17, 15) is 18.7 Å². The van der Waals surface area contributed by atoms with Crippen LogP contribution in [0, 0.1) is 0 Å². The molecule has 162 valence electrons. The first-order chi connectivity index (χ1) is 15.4. The van der Waals surface area contributed by atoms with Gasteiger partial charge >= 0.3 is 12.6 Å². The van der Waals surface area contributed by atoms with Crippen molar-refractivity contribution >= 4 is 34.4 Å². The third-order valence-electron chi connectivity index (χ3n) is 4.84. The normalized spacial score (nSPS) is 11.0. The van der Waals surface area contributed by atoms with Gasteiger partial charge in [0, 0.05) is 29.2 Å². The van der Waals surface area contributed by atoms with E-state index in [1.807, 2.05) is 6.07 Å². The van der Waals surface area contributed by atoms with Gasteiger partial charge in [-0.15, -0.1) is 0 Å². The summed E-state index contributed by atoms with van der Waals surface area (Å²) in [4.78, 5) is 19.8. The van der Waals surface area contributed by atoms with Crippen LogP contribution in [0.4, 0.5) is 14.7 Å². The van der Waals surface area contributed by atoms with Crippen LogP contribution in [-0.2, 0) is 0 Å². The highest BCUT2D eigenvalue weighted by molar-refractivity contribution is 6.31. The number of carboxylic acids is 1. The Balaban J connectivity index is 2.07. The van der Waals surface area contributed by atoms with Gasteiger partial charge in [0.1, 0.15) is 5.52 Å². The summed E-state index contributed by atoms with van der Waals surface area (Å²) in [6.45, 7) is -3.10. The first-order valence-electron chi connectivity index (χ1n) is 9.43. The van der Waals surface area contributed by atoms with E-state index in [2.05, 4.69) is 15.3 Å². The predicted molar refractivity (Wildman–Crippen MR) is 119 cm³/mol. The van der Waals surface area contributed by atoms with Crippen molar-refractivity contribution in [2.24, 2.45) is 0 Å². The zero-order valence-corrected chi connectivity index (χ0v) is 17.4. The molecule has 0 atom stereocenters. The maximum atomic E-state index is 13.4.